The van der Waals surface area contributed by atoms with Crippen LogP contribution in [-0.2, 0) is 17.1 Å². The Balaban J connectivity index is 2.20. The fourth-order valence-corrected chi connectivity index (χ4v) is 4.93. The number of thioether (sulfide) groups is 1. The minimum Gasteiger partial charge on any atom is -0.324 e. The highest BCUT2D eigenvalue weighted by Crippen LogP contribution is 2.30. The monoisotopic (exact) mass is 309 g/mol. The third-order valence-electron chi connectivity index (χ3n) is 3.15. The Morgan fingerprint density at radius 1 is 1.56 bits per heavy atom. The van der Waals surface area contributed by atoms with Crippen LogP contribution in [0, 0.1) is 0 Å². The Morgan fingerprint density at radius 3 is 2.83 bits per heavy atom. The highest BCUT2D eigenvalue weighted by atomic mass is 35.5. The molecule has 2 atom stereocenters. The molecule has 18 heavy (non-hydrogen) atoms. The van der Waals surface area contributed by atoms with Crippen molar-refractivity contribution in [1.82, 2.24) is 14.3 Å². The maximum atomic E-state index is 12.2. The first kappa shape index (κ1) is 14.2. The highest BCUT2D eigenvalue weighted by molar-refractivity contribution is 7.99. The van der Waals surface area contributed by atoms with E-state index in [1.807, 2.05) is 6.26 Å². The number of aryl methyl sites for hydroxylation is 1. The van der Waals surface area contributed by atoms with E-state index in [9.17, 15) is 8.42 Å². The summed E-state index contributed by atoms with van der Waals surface area (Å²) in [5.74, 6) is 0. The van der Waals surface area contributed by atoms with Crippen molar-refractivity contribution in [2.75, 3.05) is 6.26 Å². The molecule has 102 valence electrons. The second-order valence-electron chi connectivity index (χ2n) is 4.38. The number of imidazole rings is 1. The average Bonchev–Trinajstić information content (AvgIpc) is 2.87. The third-order valence-corrected chi connectivity index (χ3v) is 6.30. The van der Waals surface area contributed by atoms with Crippen LogP contribution >= 0.6 is 23.4 Å². The van der Waals surface area contributed by atoms with Gasteiger partial charge in [0.25, 0.3) is 10.0 Å². The van der Waals surface area contributed by atoms with Crippen LogP contribution in [0.15, 0.2) is 11.4 Å². The number of nitrogens with one attached hydrogen (secondary N) is 1. The first-order valence-electron chi connectivity index (χ1n) is 5.67. The molecule has 0 radical (unpaired) electrons. The second-order valence-corrected chi connectivity index (χ2v) is 7.45. The van der Waals surface area contributed by atoms with Crippen LogP contribution in [0.25, 0.3) is 0 Å². The van der Waals surface area contributed by atoms with Crippen molar-refractivity contribution < 1.29 is 8.42 Å². The number of hydrogen-bond acceptors (Lipinski definition) is 4. The quantitative estimate of drug-likeness (QED) is 0.918. The van der Waals surface area contributed by atoms with Gasteiger partial charge in [0.2, 0.25) is 5.03 Å². The lowest BCUT2D eigenvalue weighted by molar-refractivity contribution is 0.552. The van der Waals surface area contributed by atoms with Crippen LogP contribution in [0.4, 0.5) is 0 Å². The molecule has 1 heterocycles. The number of aromatic nitrogens is 2. The topological polar surface area (TPSA) is 64.0 Å². The van der Waals surface area contributed by atoms with Crippen molar-refractivity contribution in [3.63, 3.8) is 0 Å². The van der Waals surface area contributed by atoms with Gasteiger partial charge < -0.3 is 4.57 Å². The Bertz CT molecular complexity index is 529. The van der Waals surface area contributed by atoms with Crippen molar-refractivity contribution in [2.24, 2.45) is 7.05 Å². The predicted octanol–water partition coefficient (Wildman–Crippen LogP) is 1.64. The molecule has 1 aromatic heterocycles. The Morgan fingerprint density at radius 2 is 2.28 bits per heavy atom. The lowest BCUT2D eigenvalue weighted by Gasteiger charge is -2.18. The first-order chi connectivity index (χ1) is 8.45. The summed E-state index contributed by atoms with van der Waals surface area (Å²) in [6.45, 7) is 0. The molecule has 1 aromatic rings. The maximum Gasteiger partial charge on any atom is 0.261 e. The van der Waals surface area contributed by atoms with E-state index >= 15 is 0 Å². The molecule has 0 amide bonds. The van der Waals surface area contributed by atoms with E-state index in [4.69, 9.17) is 11.6 Å². The van der Waals surface area contributed by atoms with Crippen molar-refractivity contribution >= 4 is 33.4 Å². The van der Waals surface area contributed by atoms with Gasteiger partial charge in [0.1, 0.15) is 5.15 Å². The van der Waals surface area contributed by atoms with Gasteiger partial charge in [-0.25, -0.2) is 18.1 Å². The van der Waals surface area contributed by atoms with Gasteiger partial charge >= 0.3 is 0 Å². The van der Waals surface area contributed by atoms with Gasteiger partial charge in [-0.3, -0.25) is 0 Å². The van der Waals surface area contributed by atoms with Crippen molar-refractivity contribution in [2.45, 2.75) is 35.6 Å². The second kappa shape index (κ2) is 5.40. The summed E-state index contributed by atoms with van der Waals surface area (Å²) in [6, 6.07) is -0.0249. The molecule has 1 aliphatic carbocycles. The predicted molar refractivity (Wildman–Crippen MR) is 73.5 cm³/mol. The molecule has 1 N–H and O–H groups in total. The zero-order chi connectivity index (χ0) is 13.3. The van der Waals surface area contributed by atoms with E-state index in [0.29, 0.717) is 5.25 Å². The molecule has 1 saturated carbocycles. The van der Waals surface area contributed by atoms with Gasteiger partial charge in [0.05, 0.1) is 6.33 Å². The zero-order valence-corrected chi connectivity index (χ0v) is 12.6. The fraction of sp³-hybridized carbons (Fsp3) is 0.700. The van der Waals surface area contributed by atoms with Crippen molar-refractivity contribution in [3.05, 3.63) is 11.5 Å². The molecule has 0 bridgehead atoms. The number of hydrogen-bond donors (Lipinski definition) is 1. The maximum absolute atomic E-state index is 12.2. The zero-order valence-electron chi connectivity index (χ0n) is 10.3. The standard InChI is InChI=1S/C10H16ClN3O2S2/c1-14-6-12-10(9(14)11)18(15,16)13-7-4-3-5-8(7)17-2/h6-8,13H,3-5H2,1-2H3. The highest BCUT2D eigenvalue weighted by Gasteiger charge is 2.32. The fourth-order valence-electron chi connectivity index (χ4n) is 2.17. The van der Waals surface area contributed by atoms with Gasteiger partial charge in [-0.2, -0.15) is 11.8 Å². The molecule has 5 nitrogen and oxygen atoms in total. The number of nitrogens with zero attached hydrogens (tertiary/aromatic N) is 2. The summed E-state index contributed by atoms with van der Waals surface area (Å²) in [4.78, 5) is 3.85. The molecule has 1 fully saturated rings. The molecule has 0 spiro atoms. The van der Waals surface area contributed by atoms with E-state index < -0.39 is 10.0 Å². The minimum atomic E-state index is -3.62. The summed E-state index contributed by atoms with van der Waals surface area (Å²) in [5.41, 5.74) is 0. The summed E-state index contributed by atoms with van der Waals surface area (Å²) in [5, 5.41) is 0.391. The minimum absolute atomic E-state index is 0.0249. The van der Waals surface area contributed by atoms with E-state index in [1.54, 1.807) is 18.8 Å². The van der Waals surface area contributed by atoms with E-state index in [2.05, 4.69) is 9.71 Å². The van der Waals surface area contributed by atoms with Crippen LogP contribution in [-0.4, -0.2) is 35.5 Å². The van der Waals surface area contributed by atoms with E-state index in [1.165, 1.54) is 10.9 Å². The lowest BCUT2D eigenvalue weighted by Crippen LogP contribution is -2.38. The van der Waals surface area contributed by atoms with Gasteiger partial charge in [-0.1, -0.05) is 18.0 Å². The van der Waals surface area contributed by atoms with Crippen molar-refractivity contribution in [3.8, 4) is 0 Å². The summed E-state index contributed by atoms with van der Waals surface area (Å²) < 4.78 is 28.6. The Labute approximate surface area is 116 Å². The van der Waals surface area contributed by atoms with E-state index in [0.717, 1.165) is 19.3 Å². The Kier molecular flexibility index (Phi) is 4.25. The van der Waals surface area contributed by atoms with Gasteiger partial charge in [-0.15, -0.1) is 0 Å². The molecule has 2 unspecified atom stereocenters. The molecule has 0 aliphatic heterocycles. The number of sulfonamides is 1. The molecular formula is C10H16ClN3O2S2. The largest absolute Gasteiger partial charge is 0.324 e. The molecular weight excluding hydrogens is 294 g/mol. The molecule has 2 rings (SSSR count). The number of halogens is 1. The average molecular weight is 310 g/mol. The normalized spacial score (nSPS) is 24.6. The molecule has 0 saturated heterocycles. The van der Waals surface area contributed by atoms with Crippen molar-refractivity contribution in [1.29, 1.82) is 0 Å². The van der Waals surface area contributed by atoms with Crippen LogP contribution in [0.2, 0.25) is 5.15 Å². The summed E-state index contributed by atoms with van der Waals surface area (Å²) in [7, 11) is -1.96. The smallest absolute Gasteiger partial charge is 0.261 e. The van der Waals surface area contributed by atoms with Crippen LogP contribution in [0.5, 0.6) is 0 Å². The van der Waals surface area contributed by atoms with Crippen LogP contribution < -0.4 is 4.72 Å². The van der Waals surface area contributed by atoms with Gasteiger partial charge in [-0.05, 0) is 19.1 Å². The SMILES string of the molecule is CSC1CCCC1NS(=O)(=O)c1ncn(C)c1Cl. The summed E-state index contributed by atoms with van der Waals surface area (Å²) >= 11 is 7.63. The molecule has 8 heteroatoms. The molecule has 1 aliphatic rings. The lowest BCUT2D eigenvalue weighted by atomic mass is 10.3. The number of rotatable bonds is 4. The van der Waals surface area contributed by atoms with E-state index in [-0.39, 0.29) is 16.2 Å². The third kappa shape index (κ3) is 2.68. The van der Waals surface area contributed by atoms with Gasteiger partial charge in [0.15, 0.2) is 0 Å². The Hall–Kier alpha value is -0.240. The van der Waals surface area contributed by atoms with Gasteiger partial charge in [0, 0.05) is 18.3 Å². The summed E-state index contributed by atoms with van der Waals surface area (Å²) in [6.07, 6.45) is 6.37. The van der Waals surface area contributed by atoms with Crippen LogP contribution in [0.3, 0.4) is 0 Å². The van der Waals surface area contributed by atoms with Crippen LogP contribution in [0.1, 0.15) is 19.3 Å². The molecule has 0 aromatic carbocycles. The first-order valence-corrected chi connectivity index (χ1v) is 8.82.